The summed E-state index contributed by atoms with van der Waals surface area (Å²) in [6.45, 7) is 3.53. The summed E-state index contributed by atoms with van der Waals surface area (Å²) in [4.78, 5) is 0. The molecule has 0 radical (unpaired) electrons. The van der Waals surface area contributed by atoms with Gasteiger partial charge in [0.15, 0.2) is 0 Å². The van der Waals surface area contributed by atoms with Crippen LogP contribution < -0.4 is 21.5 Å². The zero-order valence-electron chi connectivity index (χ0n) is 14.3. The van der Waals surface area contributed by atoms with Gasteiger partial charge in [-0.1, -0.05) is 70.1 Å². The summed E-state index contributed by atoms with van der Waals surface area (Å²) >= 11 is 0. The maximum atomic E-state index is 2.32. The smallest absolute Gasteiger partial charge is 0.132 e. The Hall–Kier alpha value is -0.340. The second kappa shape index (κ2) is 12.2. The fraction of sp³-hybridized carbons (Fsp3) is 0.684. The number of hydrogen-bond acceptors (Lipinski definition) is 0. The summed E-state index contributed by atoms with van der Waals surface area (Å²) < 4.78 is 1.01. The van der Waals surface area contributed by atoms with Crippen molar-refractivity contribution in [1.82, 2.24) is 4.48 Å². The lowest BCUT2D eigenvalue weighted by atomic mass is 10.1. The van der Waals surface area contributed by atoms with E-state index in [0.29, 0.717) is 0 Å². The highest BCUT2D eigenvalue weighted by Crippen LogP contribution is 2.19. The monoisotopic (exact) mass is 355 g/mol. The highest BCUT2D eigenvalue weighted by molar-refractivity contribution is 5.40. The highest BCUT2D eigenvalue weighted by Gasteiger charge is 2.17. The lowest BCUT2D eigenvalue weighted by Gasteiger charge is -2.29. The van der Waals surface area contributed by atoms with Crippen LogP contribution in [0.2, 0.25) is 0 Å². The SMILES string of the molecule is CCCCCCCCCCC[N+](C)(C)c1ccccc1.[Br-]. The number of hydrogen-bond donors (Lipinski definition) is 0. The normalized spacial score (nSPS) is 11.2. The summed E-state index contributed by atoms with van der Waals surface area (Å²) in [6, 6.07) is 10.9. The average Bonchev–Trinajstić information content (AvgIpc) is 2.46. The Morgan fingerprint density at radius 3 is 1.71 bits per heavy atom. The molecule has 0 saturated heterocycles. The van der Waals surface area contributed by atoms with Gasteiger partial charge in [-0.15, -0.1) is 0 Å². The summed E-state index contributed by atoms with van der Waals surface area (Å²) in [7, 11) is 4.64. The van der Waals surface area contributed by atoms with Crippen molar-refractivity contribution in [3.63, 3.8) is 0 Å². The van der Waals surface area contributed by atoms with E-state index in [0.717, 1.165) is 4.48 Å². The first-order valence-corrected chi connectivity index (χ1v) is 8.55. The van der Waals surface area contributed by atoms with Crippen LogP contribution in [-0.4, -0.2) is 20.6 Å². The van der Waals surface area contributed by atoms with Crippen molar-refractivity contribution in [2.24, 2.45) is 0 Å². The van der Waals surface area contributed by atoms with Gasteiger partial charge in [0.1, 0.15) is 5.69 Å². The Morgan fingerprint density at radius 2 is 1.19 bits per heavy atom. The number of quaternary nitrogens is 1. The van der Waals surface area contributed by atoms with Gasteiger partial charge in [0.25, 0.3) is 0 Å². The largest absolute Gasteiger partial charge is 1.00 e. The predicted octanol–water partition coefficient (Wildman–Crippen LogP) is 2.79. The first-order valence-electron chi connectivity index (χ1n) is 8.55. The molecule has 0 spiro atoms. The molecule has 0 aliphatic carbocycles. The van der Waals surface area contributed by atoms with Gasteiger partial charge in [-0.05, 0) is 25.0 Å². The van der Waals surface area contributed by atoms with Gasteiger partial charge in [0.2, 0.25) is 0 Å². The van der Waals surface area contributed by atoms with Crippen LogP contribution >= 0.6 is 0 Å². The van der Waals surface area contributed by atoms with E-state index in [1.165, 1.54) is 70.0 Å². The minimum Gasteiger partial charge on any atom is -1.00 e. The molecular formula is C19H34BrN. The van der Waals surface area contributed by atoms with Gasteiger partial charge in [-0.3, -0.25) is 4.48 Å². The van der Waals surface area contributed by atoms with E-state index in [1.807, 2.05) is 0 Å². The summed E-state index contributed by atoms with van der Waals surface area (Å²) in [5.74, 6) is 0. The van der Waals surface area contributed by atoms with Crippen LogP contribution in [0.25, 0.3) is 0 Å². The fourth-order valence-corrected chi connectivity index (χ4v) is 2.78. The quantitative estimate of drug-likeness (QED) is 0.423. The van der Waals surface area contributed by atoms with Crippen LogP contribution in [0.15, 0.2) is 30.3 Å². The molecule has 122 valence electrons. The molecule has 0 aliphatic rings. The summed E-state index contributed by atoms with van der Waals surface area (Å²) in [6.07, 6.45) is 12.7. The Labute approximate surface area is 143 Å². The van der Waals surface area contributed by atoms with Crippen molar-refractivity contribution < 1.29 is 17.0 Å². The number of unbranched alkanes of at least 4 members (excludes halogenated alkanes) is 8. The minimum absolute atomic E-state index is 0. The molecule has 0 N–H and O–H groups in total. The molecule has 0 bridgehead atoms. The predicted molar refractivity (Wildman–Crippen MR) is 92.2 cm³/mol. The molecule has 1 nitrogen and oxygen atoms in total. The first kappa shape index (κ1) is 20.7. The van der Waals surface area contributed by atoms with Crippen LogP contribution in [0.1, 0.15) is 64.7 Å². The molecule has 1 aromatic carbocycles. The minimum atomic E-state index is 0. The van der Waals surface area contributed by atoms with E-state index in [9.17, 15) is 0 Å². The molecule has 0 amide bonds. The van der Waals surface area contributed by atoms with Crippen molar-refractivity contribution in [2.75, 3.05) is 20.6 Å². The van der Waals surface area contributed by atoms with E-state index >= 15 is 0 Å². The molecule has 0 fully saturated rings. The van der Waals surface area contributed by atoms with Crippen molar-refractivity contribution in [3.05, 3.63) is 30.3 Å². The first-order chi connectivity index (χ1) is 9.67. The second-order valence-corrected chi connectivity index (χ2v) is 6.57. The fourth-order valence-electron chi connectivity index (χ4n) is 2.78. The van der Waals surface area contributed by atoms with E-state index in [4.69, 9.17) is 0 Å². The zero-order valence-corrected chi connectivity index (χ0v) is 15.9. The molecule has 21 heavy (non-hydrogen) atoms. The van der Waals surface area contributed by atoms with E-state index in [1.54, 1.807) is 0 Å². The molecule has 0 aromatic heterocycles. The van der Waals surface area contributed by atoms with Crippen LogP contribution in [0.4, 0.5) is 5.69 Å². The number of para-hydroxylation sites is 1. The van der Waals surface area contributed by atoms with E-state index < -0.39 is 0 Å². The van der Waals surface area contributed by atoms with Gasteiger partial charge in [-0.2, -0.15) is 0 Å². The number of benzene rings is 1. The molecule has 1 aromatic rings. The van der Waals surface area contributed by atoms with Crippen molar-refractivity contribution in [3.8, 4) is 0 Å². The molecule has 0 heterocycles. The van der Waals surface area contributed by atoms with Crippen LogP contribution in [0, 0.1) is 0 Å². The Balaban J connectivity index is 0.00000400. The number of rotatable bonds is 11. The number of nitrogens with zero attached hydrogens (tertiary/aromatic N) is 1. The van der Waals surface area contributed by atoms with E-state index in [2.05, 4.69) is 51.4 Å². The van der Waals surface area contributed by atoms with Crippen molar-refractivity contribution in [1.29, 1.82) is 0 Å². The third-order valence-electron chi connectivity index (χ3n) is 4.28. The van der Waals surface area contributed by atoms with Crippen molar-refractivity contribution in [2.45, 2.75) is 64.7 Å². The topological polar surface area (TPSA) is 0 Å². The maximum absolute atomic E-state index is 2.32. The van der Waals surface area contributed by atoms with Crippen LogP contribution in [-0.2, 0) is 0 Å². The molecule has 0 unspecified atom stereocenters. The molecule has 0 aliphatic heterocycles. The second-order valence-electron chi connectivity index (χ2n) is 6.57. The Kier molecular flexibility index (Phi) is 12.0. The molecule has 0 saturated carbocycles. The van der Waals surface area contributed by atoms with Gasteiger partial charge in [0.05, 0.1) is 20.6 Å². The lowest BCUT2D eigenvalue weighted by Crippen LogP contribution is -3.00. The Bertz CT molecular complexity index is 335. The van der Waals surface area contributed by atoms with Gasteiger partial charge >= 0.3 is 0 Å². The van der Waals surface area contributed by atoms with Gasteiger partial charge < -0.3 is 17.0 Å². The van der Waals surface area contributed by atoms with E-state index in [-0.39, 0.29) is 17.0 Å². The van der Waals surface area contributed by atoms with Crippen LogP contribution in [0.3, 0.4) is 0 Å². The maximum Gasteiger partial charge on any atom is 0.132 e. The zero-order chi connectivity index (χ0) is 14.7. The van der Waals surface area contributed by atoms with Gasteiger partial charge in [-0.25, -0.2) is 0 Å². The van der Waals surface area contributed by atoms with Crippen LogP contribution in [0.5, 0.6) is 0 Å². The molecular weight excluding hydrogens is 322 g/mol. The molecule has 1 rings (SSSR count). The standard InChI is InChI=1S/C19H34N.BrH/c1-4-5-6-7-8-9-10-11-15-18-20(2,3)19-16-13-12-14-17-19;/h12-14,16-17H,4-11,15,18H2,1-3H3;1H/q+1;/p-1. The molecule has 0 atom stereocenters. The highest BCUT2D eigenvalue weighted by atomic mass is 79.9. The summed E-state index contributed by atoms with van der Waals surface area (Å²) in [5, 5.41) is 0. The van der Waals surface area contributed by atoms with Crippen molar-refractivity contribution >= 4 is 5.69 Å². The molecule has 2 heteroatoms. The average molecular weight is 356 g/mol. The third kappa shape index (κ3) is 9.31. The third-order valence-corrected chi connectivity index (χ3v) is 4.28. The lowest BCUT2D eigenvalue weighted by molar-refractivity contribution is -0.00000450. The summed E-state index contributed by atoms with van der Waals surface area (Å²) in [5.41, 5.74) is 1.42. The van der Waals surface area contributed by atoms with Gasteiger partial charge in [0, 0.05) is 0 Å². The number of halogens is 1. The Morgan fingerprint density at radius 1 is 0.714 bits per heavy atom.